The number of benzene rings is 3. The summed E-state index contributed by atoms with van der Waals surface area (Å²) in [6.45, 7) is 10.8. The second kappa shape index (κ2) is 10.7. The molecule has 0 unspecified atom stereocenters. The highest BCUT2D eigenvalue weighted by atomic mass is 35.5. The monoisotopic (exact) mass is 497 g/mol. The molecule has 9 heteroatoms. The number of nitriles is 1. The third-order valence-electron chi connectivity index (χ3n) is 5.54. The molecule has 0 bridgehead atoms. The van der Waals surface area contributed by atoms with Gasteiger partial charge in [-0.3, -0.25) is 0 Å². The summed E-state index contributed by atoms with van der Waals surface area (Å²) in [5, 5.41) is 21.0. The Bertz CT molecular complexity index is 1470. The summed E-state index contributed by atoms with van der Waals surface area (Å²) in [5.41, 5.74) is 3.17. The van der Waals surface area contributed by atoms with Crippen molar-refractivity contribution in [1.29, 1.82) is 5.26 Å². The Labute approximate surface area is 212 Å². The number of nitrogens with one attached hydrogen (secondary N) is 1. The summed E-state index contributed by atoms with van der Waals surface area (Å²) < 4.78 is 11.7. The van der Waals surface area contributed by atoms with Gasteiger partial charge in [-0.2, -0.15) is 5.26 Å². The van der Waals surface area contributed by atoms with E-state index < -0.39 is 18.1 Å². The fourth-order valence-corrected chi connectivity index (χ4v) is 3.71. The summed E-state index contributed by atoms with van der Waals surface area (Å²) in [7, 11) is 0. The first-order chi connectivity index (χ1) is 17.4. The average molecular weight is 498 g/mol. The number of anilines is 1. The van der Waals surface area contributed by atoms with Crippen molar-refractivity contribution in [3.05, 3.63) is 106 Å². The third-order valence-corrected chi connectivity index (χ3v) is 6.01. The predicted molar refractivity (Wildman–Crippen MR) is 135 cm³/mol. The average Bonchev–Trinajstić information content (AvgIpc) is 3.40. The molecule has 1 aromatic heterocycles. The fraction of sp³-hybridized carbons (Fsp3) is 0.148. The van der Waals surface area contributed by atoms with Crippen LogP contribution in [0.1, 0.15) is 40.3 Å². The summed E-state index contributed by atoms with van der Waals surface area (Å²) in [5.74, 6) is -0.0617. The molecule has 0 aliphatic heterocycles. The van der Waals surface area contributed by atoms with Crippen LogP contribution in [-0.2, 0) is 4.74 Å². The summed E-state index contributed by atoms with van der Waals surface area (Å²) in [4.78, 5) is 16.2. The molecule has 3 aromatic carbocycles. The molecule has 0 amide bonds. The molecule has 0 aliphatic rings. The summed E-state index contributed by atoms with van der Waals surface area (Å²) in [6.07, 6.45) is -0.731. The fourth-order valence-electron chi connectivity index (χ4n) is 3.50. The number of nitrogens with zero attached hydrogens (tertiary/aromatic N) is 4. The summed E-state index contributed by atoms with van der Waals surface area (Å²) in [6, 6.07) is 20.1. The molecule has 0 radical (unpaired) electrons. The molecule has 0 aliphatic carbocycles. The van der Waals surface area contributed by atoms with E-state index >= 15 is 0 Å². The zero-order valence-corrected chi connectivity index (χ0v) is 20.2. The molecule has 1 N–H and O–H groups in total. The smallest absolute Gasteiger partial charge is 0.338 e. The van der Waals surface area contributed by atoms with Gasteiger partial charge in [-0.1, -0.05) is 35.9 Å². The highest BCUT2D eigenvalue weighted by Gasteiger charge is 2.29. The standard InChI is InChI=1S/C27H20ClN5O3/c1-16-21(13-14-22(30-3)23(16)28)31-24(17(2)35-27(34)20-7-5-4-6-8-20)26-33-32-25(36-26)19-11-9-18(15-29)10-12-19/h4-14,17,24,31H,1-2H3/t17-,24+/m0/s1. The van der Waals surface area contributed by atoms with Crippen LogP contribution in [0.4, 0.5) is 11.4 Å². The highest BCUT2D eigenvalue weighted by Crippen LogP contribution is 2.36. The maximum atomic E-state index is 12.7. The molecule has 4 aromatic rings. The molecule has 0 fully saturated rings. The van der Waals surface area contributed by atoms with Crippen LogP contribution in [0, 0.1) is 24.8 Å². The van der Waals surface area contributed by atoms with Crippen molar-refractivity contribution in [1.82, 2.24) is 10.2 Å². The highest BCUT2D eigenvalue weighted by molar-refractivity contribution is 6.34. The van der Waals surface area contributed by atoms with E-state index in [0.717, 1.165) is 0 Å². The van der Waals surface area contributed by atoms with Crippen molar-refractivity contribution < 1.29 is 13.9 Å². The lowest BCUT2D eigenvalue weighted by molar-refractivity contribution is 0.0282. The number of aromatic nitrogens is 2. The molecule has 2 atom stereocenters. The van der Waals surface area contributed by atoms with Crippen LogP contribution in [0.5, 0.6) is 0 Å². The van der Waals surface area contributed by atoms with Crippen molar-refractivity contribution in [3.63, 3.8) is 0 Å². The maximum absolute atomic E-state index is 12.7. The van der Waals surface area contributed by atoms with Gasteiger partial charge in [0.25, 0.3) is 0 Å². The molecule has 4 rings (SSSR count). The van der Waals surface area contributed by atoms with Crippen molar-refractivity contribution in [2.45, 2.75) is 26.0 Å². The van der Waals surface area contributed by atoms with Crippen LogP contribution < -0.4 is 5.32 Å². The minimum Gasteiger partial charge on any atom is -0.456 e. The Morgan fingerprint density at radius 1 is 1.14 bits per heavy atom. The van der Waals surface area contributed by atoms with Gasteiger partial charge in [0.05, 0.1) is 28.8 Å². The number of hydrogen-bond donors (Lipinski definition) is 1. The van der Waals surface area contributed by atoms with Crippen LogP contribution in [0.15, 0.2) is 71.1 Å². The summed E-state index contributed by atoms with van der Waals surface area (Å²) >= 11 is 6.37. The Morgan fingerprint density at radius 2 is 1.86 bits per heavy atom. The predicted octanol–water partition coefficient (Wildman–Crippen LogP) is 6.52. The van der Waals surface area contributed by atoms with Crippen molar-refractivity contribution in [2.75, 3.05) is 5.32 Å². The van der Waals surface area contributed by atoms with Crippen molar-refractivity contribution in [3.8, 4) is 17.5 Å². The van der Waals surface area contributed by atoms with E-state index in [2.05, 4.69) is 26.4 Å². The molecule has 36 heavy (non-hydrogen) atoms. The SMILES string of the molecule is [C-]#[N+]c1ccc(N[C@@H](c2nnc(-c3ccc(C#N)cc3)o2)[C@H](C)OC(=O)c2ccccc2)c(C)c1Cl. The van der Waals surface area contributed by atoms with Gasteiger partial charge >= 0.3 is 5.97 Å². The number of carbonyl (C=O) groups is 1. The molecule has 0 saturated carbocycles. The molecule has 0 spiro atoms. The van der Waals surface area contributed by atoms with E-state index in [1.54, 1.807) is 74.5 Å². The first-order valence-electron chi connectivity index (χ1n) is 10.9. The van der Waals surface area contributed by atoms with E-state index in [1.165, 1.54) is 0 Å². The topological polar surface area (TPSA) is 105 Å². The Morgan fingerprint density at radius 3 is 2.53 bits per heavy atom. The van der Waals surface area contributed by atoms with Crippen LogP contribution in [0.2, 0.25) is 5.02 Å². The van der Waals surface area contributed by atoms with Gasteiger partial charge in [-0.15, -0.1) is 10.2 Å². The first kappa shape index (κ1) is 24.5. The number of rotatable bonds is 7. The van der Waals surface area contributed by atoms with Gasteiger partial charge in [-0.05, 0) is 61.9 Å². The second-order valence-corrected chi connectivity index (χ2v) is 8.29. The molecular formula is C27H20ClN5O3. The number of ether oxygens (including phenoxy) is 1. The van der Waals surface area contributed by atoms with Gasteiger partial charge < -0.3 is 14.5 Å². The van der Waals surface area contributed by atoms with Crippen molar-refractivity contribution >= 4 is 28.9 Å². The number of carbonyl (C=O) groups excluding carboxylic acids is 1. The third kappa shape index (κ3) is 5.20. The van der Waals surface area contributed by atoms with Crippen LogP contribution in [0.3, 0.4) is 0 Å². The van der Waals surface area contributed by atoms with E-state index in [-0.39, 0.29) is 11.8 Å². The minimum absolute atomic E-state index is 0.187. The minimum atomic E-state index is -0.731. The number of hydrogen-bond acceptors (Lipinski definition) is 7. The van der Waals surface area contributed by atoms with E-state index in [1.807, 2.05) is 6.07 Å². The number of esters is 1. The van der Waals surface area contributed by atoms with Gasteiger partial charge in [-0.25, -0.2) is 9.64 Å². The zero-order valence-electron chi connectivity index (χ0n) is 19.4. The van der Waals surface area contributed by atoms with Crippen molar-refractivity contribution in [2.24, 2.45) is 0 Å². The molecule has 178 valence electrons. The maximum Gasteiger partial charge on any atom is 0.338 e. The zero-order chi connectivity index (χ0) is 25.7. The Hall–Kier alpha value is -4.66. The lowest BCUT2D eigenvalue weighted by Crippen LogP contribution is -2.29. The van der Waals surface area contributed by atoms with E-state index in [0.29, 0.717) is 38.7 Å². The number of halogens is 1. The van der Waals surface area contributed by atoms with Crippen LogP contribution in [0.25, 0.3) is 16.3 Å². The normalized spacial score (nSPS) is 12.1. The van der Waals surface area contributed by atoms with Crippen LogP contribution in [-0.4, -0.2) is 22.3 Å². The van der Waals surface area contributed by atoms with Crippen LogP contribution >= 0.6 is 11.6 Å². The molecule has 0 saturated heterocycles. The van der Waals surface area contributed by atoms with Gasteiger partial charge in [0.2, 0.25) is 17.5 Å². The van der Waals surface area contributed by atoms with E-state index in [4.69, 9.17) is 32.6 Å². The van der Waals surface area contributed by atoms with E-state index in [9.17, 15) is 4.79 Å². The Kier molecular flexibility index (Phi) is 7.29. The lowest BCUT2D eigenvalue weighted by atomic mass is 10.1. The first-order valence-corrected chi connectivity index (χ1v) is 11.3. The molecule has 1 heterocycles. The lowest BCUT2D eigenvalue weighted by Gasteiger charge is -2.24. The van der Waals surface area contributed by atoms with Gasteiger partial charge in [0, 0.05) is 11.3 Å². The largest absolute Gasteiger partial charge is 0.456 e. The second-order valence-electron chi connectivity index (χ2n) is 7.92. The van der Waals surface area contributed by atoms with Gasteiger partial charge in [0.15, 0.2) is 0 Å². The quantitative estimate of drug-likeness (QED) is 0.229. The molecular weight excluding hydrogens is 478 g/mol. The van der Waals surface area contributed by atoms with Gasteiger partial charge in [0.1, 0.15) is 12.1 Å². The molecule has 8 nitrogen and oxygen atoms in total. The Balaban J connectivity index is 1.67.